The van der Waals surface area contributed by atoms with Crippen molar-refractivity contribution in [2.24, 2.45) is 5.92 Å². The van der Waals surface area contributed by atoms with Gasteiger partial charge in [0, 0.05) is 20.2 Å². The minimum atomic E-state index is 0.664. The van der Waals surface area contributed by atoms with Crippen LogP contribution < -0.4 is 0 Å². The molecule has 0 saturated heterocycles. The second kappa shape index (κ2) is 4.60. The summed E-state index contributed by atoms with van der Waals surface area (Å²) in [6.45, 7) is 2.27. The van der Waals surface area contributed by atoms with E-state index in [9.17, 15) is 0 Å². The second-order valence-electron chi connectivity index (χ2n) is 5.51. The van der Waals surface area contributed by atoms with Crippen molar-refractivity contribution >= 4 is 37.1 Å². The predicted octanol–water partition coefficient (Wildman–Crippen LogP) is 6.03. The first kappa shape index (κ1) is 11.9. The lowest BCUT2D eigenvalue weighted by atomic mass is 9.92. The minimum absolute atomic E-state index is 0.664. The van der Waals surface area contributed by atoms with Gasteiger partial charge in [-0.05, 0) is 35.6 Å². The van der Waals surface area contributed by atoms with Gasteiger partial charge in [-0.25, -0.2) is 0 Å². The Balaban J connectivity index is 2.02. The van der Waals surface area contributed by atoms with Crippen LogP contribution in [0.4, 0.5) is 0 Å². The molecule has 1 heteroatoms. The predicted molar refractivity (Wildman–Crippen MR) is 90.2 cm³/mol. The Kier molecular flexibility index (Phi) is 2.75. The molecule has 0 radical (unpaired) electrons. The number of hydrogen-bond donors (Lipinski definition) is 0. The van der Waals surface area contributed by atoms with Crippen LogP contribution >= 0.6 is 11.3 Å². The molecule has 0 fully saturated rings. The number of thiophene rings is 1. The maximum absolute atomic E-state index is 2.38. The van der Waals surface area contributed by atoms with Gasteiger partial charge in [0.2, 0.25) is 0 Å². The van der Waals surface area contributed by atoms with Crippen molar-refractivity contribution in [2.75, 3.05) is 0 Å². The summed E-state index contributed by atoms with van der Waals surface area (Å²) < 4.78 is 2.76. The quantitative estimate of drug-likeness (QED) is 0.508. The molecule has 1 atom stereocenters. The second-order valence-corrected chi connectivity index (χ2v) is 6.59. The maximum atomic E-state index is 2.38. The van der Waals surface area contributed by atoms with Crippen molar-refractivity contribution in [1.29, 1.82) is 0 Å². The van der Waals surface area contributed by atoms with Crippen LogP contribution in [0.25, 0.3) is 25.7 Å². The normalized spacial score (nSPS) is 18.6. The van der Waals surface area contributed by atoms with Crippen LogP contribution in [0.2, 0.25) is 0 Å². The Bertz CT molecular complexity index is 848. The highest BCUT2D eigenvalue weighted by atomic mass is 32.1. The lowest BCUT2D eigenvalue weighted by Crippen LogP contribution is -1.94. The zero-order valence-electron chi connectivity index (χ0n) is 11.5. The number of rotatable bonds is 1. The zero-order valence-corrected chi connectivity index (χ0v) is 12.3. The highest BCUT2D eigenvalue weighted by molar-refractivity contribution is 7.25. The average Bonchev–Trinajstić information content (AvgIpc) is 2.86. The fourth-order valence-electron chi connectivity index (χ4n) is 2.94. The molecule has 0 unspecified atom stereocenters. The molecule has 1 aromatic heterocycles. The average molecular weight is 276 g/mol. The van der Waals surface area contributed by atoms with Gasteiger partial charge in [-0.15, -0.1) is 11.3 Å². The summed E-state index contributed by atoms with van der Waals surface area (Å²) in [6, 6.07) is 15.4. The standard InChI is InChI=1S/C19H16S/c1-13-9-11-14(12-10-13)15-6-4-8-18-19(15)16-5-2-3-7-17(16)20-18/h2-9,11-13H,10H2,1H3/t13-/m0/s1. The van der Waals surface area contributed by atoms with Crippen LogP contribution in [0.15, 0.2) is 60.7 Å². The Labute approximate surface area is 123 Å². The van der Waals surface area contributed by atoms with Gasteiger partial charge >= 0.3 is 0 Å². The summed E-state index contributed by atoms with van der Waals surface area (Å²) in [5.41, 5.74) is 2.75. The van der Waals surface area contributed by atoms with Crippen LogP contribution in [-0.4, -0.2) is 0 Å². The van der Waals surface area contributed by atoms with Gasteiger partial charge in [0.15, 0.2) is 0 Å². The van der Waals surface area contributed by atoms with Crippen molar-refractivity contribution in [1.82, 2.24) is 0 Å². The van der Waals surface area contributed by atoms with Crippen molar-refractivity contribution in [3.8, 4) is 0 Å². The highest BCUT2D eigenvalue weighted by Gasteiger charge is 2.12. The lowest BCUT2D eigenvalue weighted by molar-refractivity contribution is 0.739. The third kappa shape index (κ3) is 1.82. The van der Waals surface area contributed by atoms with E-state index in [2.05, 4.69) is 67.6 Å². The van der Waals surface area contributed by atoms with E-state index in [4.69, 9.17) is 0 Å². The fourth-order valence-corrected chi connectivity index (χ4v) is 4.07. The van der Waals surface area contributed by atoms with Crippen LogP contribution in [0.3, 0.4) is 0 Å². The molecule has 20 heavy (non-hydrogen) atoms. The molecular weight excluding hydrogens is 260 g/mol. The molecule has 98 valence electrons. The molecular formula is C19H16S. The zero-order chi connectivity index (χ0) is 13.5. The highest BCUT2D eigenvalue weighted by Crippen LogP contribution is 2.39. The smallest absolute Gasteiger partial charge is 0.0361 e. The van der Waals surface area contributed by atoms with Gasteiger partial charge < -0.3 is 0 Å². The van der Waals surface area contributed by atoms with E-state index in [1.165, 1.54) is 31.3 Å². The number of allylic oxidation sites excluding steroid dienone is 4. The Morgan fingerprint density at radius 1 is 1.00 bits per heavy atom. The Morgan fingerprint density at radius 3 is 2.70 bits per heavy atom. The van der Waals surface area contributed by atoms with Crippen molar-refractivity contribution in [2.45, 2.75) is 13.3 Å². The summed E-state index contributed by atoms with van der Waals surface area (Å²) in [5.74, 6) is 0.664. The first-order valence-corrected chi connectivity index (χ1v) is 7.93. The SMILES string of the molecule is C[C@H]1C=CC(c2cccc3sc4ccccc4c23)=CC1. The van der Waals surface area contributed by atoms with E-state index < -0.39 is 0 Å². The molecule has 1 aliphatic rings. The van der Waals surface area contributed by atoms with Crippen LogP contribution in [-0.2, 0) is 0 Å². The van der Waals surface area contributed by atoms with Crippen molar-refractivity contribution in [3.63, 3.8) is 0 Å². The van der Waals surface area contributed by atoms with Gasteiger partial charge in [0.25, 0.3) is 0 Å². The van der Waals surface area contributed by atoms with E-state index in [0.29, 0.717) is 5.92 Å². The van der Waals surface area contributed by atoms with E-state index in [-0.39, 0.29) is 0 Å². The topological polar surface area (TPSA) is 0 Å². The largest absolute Gasteiger partial charge is 0.135 e. The first-order chi connectivity index (χ1) is 9.83. The molecule has 1 aliphatic carbocycles. The summed E-state index contributed by atoms with van der Waals surface area (Å²) in [7, 11) is 0. The minimum Gasteiger partial charge on any atom is -0.135 e. The van der Waals surface area contributed by atoms with Crippen LogP contribution in [0.1, 0.15) is 18.9 Å². The van der Waals surface area contributed by atoms with E-state index in [1.54, 1.807) is 0 Å². The number of fused-ring (bicyclic) bond motifs is 3. The van der Waals surface area contributed by atoms with Crippen molar-refractivity contribution < 1.29 is 0 Å². The van der Waals surface area contributed by atoms with E-state index >= 15 is 0 Å². The maximum Gasteiger partial charge on any atom is 0.0361 e. The molecule has 3 aromatic rings. The summed E-state index contributed by atoms with van der Waals surface area (Å²) in [4.78, 5) is 0. The lowest BCUT2D eigenvalue weighted by Gasteiger charge is -2.13. The van der Waals surface area contributed by atoms with E-state index in [0.717, 1.165) is 6.42 Å². The number of benzene rings is 2. The summed E-state index contributed by atoms with van der Waals surface area (Å²) >= 11 is 1.89. The van der Waals surface area contributed by atoms with E-state index in [1.807, 2.05) is 11.3 Å². The Hall–Kier alpha value is -1.86. The third-order valence-electron chi connectivity index (χ3n) is 4.03. The van der Waals surface area contributed by atoms with Gasteiger partial charge in [0.05, 0.1) is 0 Å². The van der Waals surface area contributed by atoms with Crippen molar-refractivity contribution in [3.05, 3.63) is 66.3 Å². The molecule has 1 heterocycles. The van der Waals surface area contributed by atoms with Gasteiger partial charge in [-0.3, -0.25) is 0 Å². The fraction of sp³-hybridized carbons (Fsp3) is 0.158. The molecule has 2 aromatic carbocycles. The van der Waals surface area contributed by atoms with Gasteiger partial charge in [0.1, 0.15) is 0 Å². The summed E-state index contributed by atoms with van der Waals surface area (Å²) in [6.07, 6.45) is 8.13. The third-order valence-corrected chi connectivity index (χ3v) is 5.16. The Morgan fingerprint density at radius 2 is 1.85 bits per heavy atom. The monoisotopic (exact) mass is 276 g/mol. The number of hydrogen-bond acceptors (Lipinski definition) is 1. The molecule has 0 saturated carbocycles. The molecule has 0 spiro atoms. The molecule has 0 amide bonds. The molecule has 0 nitrogen and oxygen atoms in total. The molecule has 0 N–H and O–H groups in total. The first-order valence-electron chi connectivity index (χ1n) is 7.12. The van der Waals surface area contributed by atoms with Crippen LogP contribution in [0, 0.1) is 5.92 Å². The van der Waals surface area contributed by atoms with Crippen LogP contribution in [0.5, 0.6) is 0 Å². The van der Waals surface area contributed by atoms with Gasteiger partial charge in [-0.1, -0.05) is 55.5 Å². The molecule has 4 rings (SSSR count). The molecule has 0 bridgehead atoms. The summed E-state index contributed by atoms with van der Waals surface area (Å²) in [5, 5.41) is 2.80. The molecule has 0 aliphatic heterocycles. The van der Waals surface area contributed by atoms with Gasteiger partial charge in [-0.2, -0.15) is 0 Å².